The van der Waals surface area contributed by atoms with Crippen LogP contribution in [-0.2, 0) is 22.6 Å². The molecule has 6 aromatic rings. The molecule has 0 N–H and O–H groups in total. The molecule has 1 spiro atoms. The standard InChI is InChI=1S/C35H22Cl2N4O4S2/c1-19-6-8-20(9-7-19)17-40-26-5-3-2-4-25(26)35(32(40)44)28-29(42)24-16-23(37)14-15-27(24)45-30(28)31(43)41(35)33-38-39-34(47-33)46-18-21-10-12-22(36)13-11-21/h2-16H,17-18H2,1H3. The van der Waals surface area contributed by atoms with E-state index in [4.69, 9.17) is 27.6 Å². The van der Waals surface area contributed by atoms with Gasteiger partial charge < -0.3 is 9.32 Å². The SMILES string of the molecule is Cc1ccc(CN2C(=O)C3(c4ccccc42)c2c(oc4ccc(Cl)cc4c2=O)C(=O)N3c2nnc(SCc3ccc(Cl)cc3)s2)cc1. The first-order valence-corrected chi connectivity index (χ1v) is 17.1. The lowest BCUT2D eigenvalue weighted by atomic mass is 9.84. The molecule has 1 unspecified atom stereocenters. The highest BCUT2D eigenvalue weighted by atomic mass is 35.5. The summed E-state index contributed by atoms with van der Waals surface area (Å²) in [5.74, 6) is -0.746. The molecule has 4 aromatic carbocycles. The van der Waals surface area contributed by atoms with Gasteiger partial charge in [0.15, 0.2) is 15.3 Å². The van der Waals surface area contributed by atoms with Crippen LogP contribution in [0.25, 0.3) is 11.0 Å². The maximum atomic E-state index is 15.1. The number of aryl methyl sites for hydroxylation is 1. The van der Waals surface area contributed by atoms with Crippen LogP contribution in [0.15, 0.2) is 105 Å². The third-order valence-electron chi connectivity index (χ3n) is 8.41. The van der Waals surface area contributed by atoms with Gasteiger partial charge in [-0.1, -0.05) is 106 Å². The number of aromatic nitrogens is 2. The van der Waals surface area contributed by atoms with E-state index >= 15 is 4.79 Å². The number of anilines is 2. The highest BCUT2D eigenvalue weighted by molar-refractivity contribution is 8.00. The van der Waals surface area contributed by atoms with E-state index < -0.39 is 22.8 Å². The van der Waals surface area contributed by atoms with Crippen LogP contribution in [0.4, 0.5) is 10.8 Å². The second kappa shape index (κ2) is 11.3. The van der Waals surface area contributed by atoms with Crippen LogP contribution in [0.1, 0.15) is 38.4 Å². The Morgan fingerprint density at radius 3 is 2.38 bits per heavy atom. The highest BCUT2D eigenvalue weighted by Gasteiger charge is 2.66. The fourth-order valence-corrected chi connectivity index (χ4v) is 8.39. The first-order chi connectivity index (χ1) is 22.8. The van der Waals surface area contributed by atoms with Crippen LogP contribution in [0, 0.1) is 6.92 Å². The van der Waals surface area contributed by atoms with Crippen molar-refractivity contribution in [3.8, 4) is 0 Å². The van der Waals surface area contributed by atoms with Gasteiger partial charge in [0, 0.05) is 21.4 Å². The zero-order valence-corrected chi connectivity index (χ0v) is 27.7. The summed E-state index contributed by atoms with van der Waals surface area (Å²) in [7, 11) is 0. The summed E-state index contributed by atoms with van der Waals surface area (Å²) in [5, 5.41) is 10.1. The van der Waals surface area contributed by atoms with Gasteiger partial charge in [-0.3, -0.25) is 19.3 Å². The molecule has 0 fully saturated rings. The summed E-state index contributed by atoms with van der Waals surface area (Å²) < 4.78 is 6.75. The first kappa shape index (κ1) is 29.9. The minimum atomic E-state index is -1.89. The number of nitrogens with zero attached hydrogens (tertiary/aromatic N) is 4. The predicted molar refractivity (Wildman–Crippen MR) is 185 cm³/mol. The smallest absolute Gasteiger partial charge is 0.297 e. The maximum absolute atomic E-state index is 15.1. The maximum Gasteiger partial charge on any atom is 0.297 e. The second-order valence-electron chi connectivity index (χ2n) is 11.3. The van der Waals surface area contributed by atoms with Crippen molar-refractivity contribution in [2.45, 2.75) is 29.1 Å². The lowest BCUT2D eigenvalue weighted by Gasteiger charge is -2.32. The molecule has 0 radical (unpaired) electrons. The molecule has 12 heteroatoms. The number of hydrogen-bond acceptors (Lipinski definition) is 8. The molecule has 2 aromatic heterocycles. The van der Waals surface area contributed by atoms with Gasteiger partial charge in [-0.2, -0.15) is 0 Å². The predicted octanol–water partition coefficient (Wildman–Crippen LogP) is 8.00. The molecule has 0 aliphatic carbocycles. The van der Waals surface area contributed by atoms with Crippen LogP contribution in [0.3, 0.4) is 0 Å². The summed E-state index contributed by atoms with van der Waals surface area (Å²) in [4.78, 5) is 47.0. The number of carbonyl (C=O) groups excluding carboxylic acids is 2. The molecule has 0 saturated heterocycles. The number of para-hydroxylation sites is 1. The Morgan fingerprint density at radius 2 is 1.60 bits per heavy atom. The number of halogens is 2. The molecule has 4 heterocycles. The molecule has 8 nitrogen and oxygen atoms in total. The number of amides is 2. The van der Waals surface area contributed by atoms with E-state index in [1.807, 2.05) is 67.6 Å². The summed E-state index contributed by atoms with van der Waals surface area (Å²) in [6.07, 6.45) is 0. The number of benzene rings is 4. The quantitative estimate of drug-likeness (QED) is 0.129. The third kappa shape index (κ3) is 4.70. The monoisotopic (exact) mass is 696 g/mol. The highest BCUT2D eigenvalue weighted by Crippen LogP contribution is 2.55. The van der Waals surface area contributed by atoms with Gasteiger partial charge in [-0.05, 0) is 54.4 Å². The molecular formula is C35H22Cl2N4O4S2. The number of hydrogen-bond donors (Lipinski definition) is 0. The lowest BCUT2D eigenvalue weighted by molar-refractivity contribution is -0.121. The van der Waals surface area contributed by atoms with Gasteiger partial charge in [0.05, 0.1) is 23.2 Å². The van der Waals surface area contributed by atoms with Crippen LogP contribution in [-0.4, -0.2) is 22.0 Å². The fourth-order valence-electron chi connectivity index (χ4n) is 6.25. The van der Waals surface area contributed by atoms with Gasteiger partial charge in [-0.25, -0.2) is 0 Å². The van der Waals surface area contributed by atoms with E-state index in [1.54, 1.807) is 29.2 Å². The Morgan fingerprint density at radius 1 is 0.872 bits per heavy atom. The summed E-state index contributed by atoms with van der Waals surface area (Å²) in [6, 6.07) is 27.2. The van der Waals surface area contributed by atoms with Gasteiger partial charge >= 0.3 is 0 Å². The Bertz CT molecular complexity index is 2310. The van der Waals surface area contributed by atoms with Crippen molar-refractivity contribution in [2.75, 3.05) is 9.80 Å². The number of fused-ring (bicyclic) bond motifs is 5. The van der Waals surface area contributed by atoms with Gasteiger partial charge in [0.1, 0.15) is 5.58 Å². The molecular weight excluding hydrogens is 675 g/mol. The zero-order chi connectivity index (χ0) is 32.4. The average molecular weight is 698 g/mol. The first-order valence-electron chi connectivity index (χ1n) is 14.5. The summed E-state index contributed by atoms with van der Waals surface area (Å²) in [5.41, 5.74) is 1.79. The molecule has 232 valence electrons. The van der Waals surface area contributed by atoms with Gasteiger partial charge in [-0.15, -0.1) is 10.2 Å². The van der Waals surface area contributed by atoms with Crippen LogP contribution >= 0.6 is 46.3 Å². The topological polar surface area (TPSA) is 96.6 Å². The van der Waals surface area contributed by atoms with Crippen LogP contribution < -0.4 is 15.2 Å². The van der Waals surface area contributed by atoms with Crippen LogP contribution in [0.5, 0.6) is 0 Å². The van der Waals surface area contributed by atoms with Crippen molar-refractivity contribution in [2.24, 2.45) is 0 Å². The fraction of sp³-hybridized carbons (Fsp3) is 0.114. The molecule has 0 bridgehead atoms. The van der Waals surface area contributed by atoms with E-state index in [2.05, 4.69) is 10.2 Å². The zero-order valence-electron chi connectivity index (χ0n) is 24.6. The van der Waals surface area contributed by atoms with Crippen molar-refractivity contribution in [1.82, 2.24) is 10.2 Å². The normalized spacial score (nSPS) is 16.8. The Balaban J connectivity index is 1.31. The largest absolute Gasteiger partial charge is 0.450 e. The van der Waals surface area contributed by atoms with Crippen molar-refractivity contribution < 1.29 is 14.0 Å². The average Bonchev–Trinajstić information content (AvgIpc) is 3.71. The lowest BCUT2D eigenvalue weighted by Crippen LogP contribution is -2.53. The van der Waals surface area contributed by atoms with E-state index in [0.29, 0.717) is 31.4 Å². The van der Waals surface area contributed by atoms with Crippen molar-refractivity contribution in [3.63, 3.8) is 0 Å². The molecule has 0 saturated carbocycles. The van der Waals surface area contributed by atoms with Gasteiger partial charge in [0.25, 0.3) is 11.8 Å². The Hall–Kier alpha value is -4.48. The number of carbonyl (C=O) groups is 2. The minimum Gasteiger partial charge on any atom is -0.450 e. The molecule has 2 aliphatic heterocycles. The van der Waals surface area contributed by atoms with E-state index in [1.165, 1.54) is 34.1 Å². The Labute approximate surface area is 286 Å². The van der Waals surface area contributed by atoms with E-state index in [-0.39, 0.29) is 34.0 Å². The molecule has 2 aliphatic rings. The Kier molecular flexibility index (Phi) is 7.21. The van der Waals surface area contributed by atoms with Crippen molar-refractivity contribution in [3.05, 3.63) is 145 Å². The van der Waals surface area contributed by atoms with Crippen LogP contribution in [0.2, 0.25) is 10.0 Å². The van der Waals surface area contributed by atoms with E-state index in [9.17, 15) is 9.59 Å². The molecule has 2 amide bonds. The number of rotatable bonds is 6. The summed E-state index contributed by atoms with van der Waals surface area (Å²) >= 11 is 15.0. The van der Waals surface area contributed by atoms with Crippen molar-refractivity contribution >= 4 is 79.9 Å². The van der Waals surface area contributed by atoms with Gasteiger partial charge in [0.2, 0.25) is 10.9 Å². The molecule has 47 heavy (non-hydrogen) atoms. The molecule has 8 rings (SSSR count). The van der Waals surface area contributed by atoms with Crippen molar-refractivity contribution in [1.29, 1.82) is 0 Å². The summed E-state index contributed by atoms with van der Waals surface area (Å²) in [6.45, 7) is 2.21. The van der Waals surface area contributed by atoms with E-state index in [0.717, 1.165) is 16.7 Å². The minimum absolute atomic E-state index is 0.0632. The molecule has 1 atom stereocenters. The number of thioether (sulfide) groups is 1. The second-order valence-corrected chi connectivity index (χ2v) is 14.3. The third-order valence-corrected chi connectivity index (χ3v) is 11.0.